The Balaban J connectivity index is 1.50. The Morgan fingerprint density at radius 2 is 2.11 bits per heavy atom. The predicted molar refractivity (Wildman–Crippen MR) is 137 cm³/mol. The molecule has 5 rings (SSSR count). The van der Waals surface area contributed by atoms with Gasteiger partial charge in [0.1, 0.15) is 17.7 Å². The molecule has 0 aliphatic carbocycles. The van der Waals surface area contributed by atoms with Crippen LogP contribution in [0.5, 0.6) is 0 Å². The van der Waals surface area contributed by atoms with Crippen molar-refractivity contribution in [3.8, 4) is 0 Å². The van der Waals surface area contributed by atoms with E-state index in [9.17, 15) is 14.0 Å². The van der Waals surface area contributed by atoms with Gasteiger partial charge in [-0.3, -0.25) is 9.59 Å². The first-order valence-electron chi connectivity index (χ1n) is 12.6. The molecule has 5 atom stereocenters. The summed E-state index contributed by atoms with van der Waals surface area (Å²) in [5, 5.41) is 6.83. The smallest absolute Gasteiger partial charge is 0.245 e. The average Bonchev–Trinajstić information content (AvgIpc) is 3.60. The normalized spacial score (nSPS) is 23.1. The number of likely N-dealkylation sites (N-methyl/N-ethyl adjacent to an activating group) is 1. The van der Waals surface area contributed by atoms with Crippen LogP contribution in [0.25, 0.3) is 10.9 Å². The molecule has 3 N–H and O–H groups in total. The number of nitrogens with zero attached hydrogens (tertiary/aromatic N) is 3. The maximum atomic E-state index is 13.9. The standard InChI is InChI=1S/C27H33FN6O2/c1-4-21(32-26(35)16(2)29-3)27(36)33-12-10-23-25(33)20(15-34(23)24-7-5-6-11-30-24)19-14-31-22-13-17(28)8-9-18(19)22/h5-9,11,13-14,16,20-21,23,25,29,31H,4,10,12,15H2,1-3H3,(H,32,35)/t16-,20+,21-,23+,25+/m0/s1. The van der Waals surface area contributed by atoms with Crippen LogP contribution in [0.15, 0.2) is 48.8 Å². The molecule has 2 aliphatic rings. The molecule has 190 valence electrons. The summed E-state index contributed by atoms with van der Waals surface area (Å²) >= 11 is 0. The van der Waals surface area contributed by atoms with Crippen molar-refractivity contribution in [3.05, 3.63) is 60.2 Å². The van der Waals surface area contributed by atoms with Crippen LogP contribution in [0.3, 0.4) is 0 Å². The van der Waals surface area contributed by atoms with Crippen LogP contribution < -0.4 is 15.5 Å². The lowest BCUT2D eigenvalue weighted by Gasteiger charge is -2.32. The first-order valence-corrected chi connectivity index (χ1v) is 12.6. The minimum Gasteiger partial charge on any atom is -0.361 e. The quantitative estimate of drug-likeness (QED) is 0.472. The maximum absolute atomic E-state index is 13.9. The summed E-state index contributed by atoms with van der Waals surface area (Å²) in [4.78, 5) is 38.5. The number of amides is 2. The second-order valence-electron chi connectivity index (χ2n) is 9.74. The molecule has 36 heavy (non-hydrogen) atoms. The number of halogens is 1. The topological polar surface area (TPSA) is 93.4 Å². The number of carbonyl (C=O) groups is 2. The van der Waals surface area contributed by atoms with Gasteiger partial charge in [-0.15, -0.1) is 0 Å². The van der Waals surface area contributed by atoms with E-state index in [1.807, 2.05) is 42.3 Å². The zero-order valence-electron chi connectivity index (χ0n) is 20.9. The number of carbonyl (C=O) groups excluding carboxylic acids is 2. The third kappa shape index (κ3) is 4.21. The number of hydrogen-bond acceptors (Lipinski definition) is 5. The number of benzene rings is 1. The number of rotatable bonds is 7. The molecular weight excluding hydrogens is 459 g/mol. The van der Waals surface area contributed by atoms with Crippen LogP contribution >= 0.6 is 0 Å². The SMILES string of the molecule is CC[C@H](NC(=O)[C@H](C)NC)C(=O)N1CC[C@@H]2[C@H]1[C@@H](c1c[nH]c3cc(F)ccc13)CN2c1ccccn1. The molecule has 4 heterocycles. The van der Waals surface area contributed by atoms with Gasteiger partial charge in [0.05, 0.1) is 18.1 Å². The second-order valence-corrected chi connectivity index (χ2v) is 9.74. The van der Waals surface area contributed by atoms with E-state index in [2.05, 4.69) is 25.5 Å². The molecule has 2 aromatic heterocycles. The Morgan fingerprint density at radius 1 is 1.28 bits per heavy atom. The highest BCUT2D eigenvalue weighted by Crippen LogP contribution is 2.44. The van der Waals surface area contributed by atoms with Crippen molar-refractivity contribution < 1.29 is 14.0 Å². The van der Waals surface area contributed by atoms with Gasteiger partial charge in [-0.1, -0.05) is 13.0 Å². The first-order chi connectivity index (χ1) is 17.4. The molecule has 1 aromatic carbocycles. The summed E-state index contributed by atoms with van der Waals surface area (Å²) in [5.41, 5.74) is 1.81. The Hall–Kier alpha value is -3.46. The highest BCUT2D eigenvalue weighted by molar-refractivity contribution is 5.90. The number of hydrogen-bond donors (Lipinski definition) is 3. The number of fused-ring (bicyclic) bond motifs is 2. The Morgan fingerprint density at radius 3 is 2.83 bits per heavy atom. The number of H-pyrrole nitrogens is 1. The maximum Gasteiger partial charge on any atom is 0.245 e. The van der Waals surface area contributed by atoms with Crippen LogP contribution in [0.2, 0.25) is 0 Å². The van der Waals surface area contributed by atoms with Gasteiger partial charge in [0, 0.05) is 42.3 Å². The largest absolute Gasteiger partial charge is 0.361 e. The van der Waals surface area contributed by atoms with E-state index in [1.54, 1.807) is 20.2 Å². The molecule has 0 saturated carbocycles. The van der Waals surface area contributed by atoms with Gasteiger partial charge in [-0.25, -0.2) is 9.37 Å². The van der Waals surface area contributed by atoms with Gasteiger partial charge >= 0.3 is 0 Å². The molecule has 2 saturated heterocycles. The fraction of sp³-hybridized carbons (Fsp3) is 0.444. The lowest BCUT2D eigenvalue weighted by Crippen LogP contribution is -2.54. The fourth-order valence-corrected chi connectivity index (χ4v) is 5.80. The first kappa shape index (κ1) is 24.2. The van der Waals surface area contributed by atoms with Crippen molar-refractivity contribution >= 4 is 28.5 Å². The van der Waals surface area contributed by atoms with Crippen molar-refractivity contribution in [2.24, 2.45) is 0 Å². The van der Waals surface area contributed by atoms with Gasteiger partial charge in [-0.05, 0) is 62.7 Å². The number of likely N-dealkylation sites (tertiary alicyclic amines) is 1. The zero-order valence-corrected chi connectivity index (χ0v) is 20.9. The third-order valence-corrected chi connectivity index (χ3v) is 7.78. The van der Waals surface area contributed by atoms with E-state index in [0.29, 0.717) is 19.5 Å². The summed E-state index contributed by atoms with van der Waals surface area (Å²) in [6.07, 6.45) is 5.06. The Labute approximate surface area is 210 Å². The minimum atomic E-state index is -0.589. The van der Waals surface area contributed by atoms with Gasteiger partial charge < -0.3 is 25.4 Å². The molecule has 0 radical (unpaired) electrons. The molecular formula is C27H33FN6O2. The van der Waals surface area contributed by atoms with Crippen molar-refractivity contribution in [2.75, 3.05) is 25.0 Å². The fourth-order valence-electron chi connectivity index (χ4n) is 5.80. The lowest BCUT2D eigenvalue weighted by atomic mass is 9.91. The van der Waals surface area contributed by atoms with E-state index in [0.717, 1.165) is 28.7 Å². The summed E-state index contributed by atoms with van der Waals surface area (Å²) in [6.45, 7) is 5.00. The van der Waals surface area contributed by atoms with Crippen molar-refractivity contribution in [1.82, 2.24) is 25.5 Å². The summed E-state index contributed by atoms with van der Waals surface area (Å²) in [7, 11) is 1.72. The highest BCUT2D eigenvalue weighted by atomic mass is 19.1. The van der Waals surface area contributed by atoms with Crippen LogP contribution in [-0.2, 0) is 9.59 Å². The summed E-state index contributed by atoms with van der Waals surface area (Å²) in [5.74, 6) is 0.362. The van der Waals surface area contributed by atoms with E-state index in [-0.39, 0.29) is 41.7 Å². The molecule has 9 heteroatoms. The van der Waals surface area contributed by atoms with Gasteiger partial charge in [0.25, 0.3) is 0 Å². The van der Waals surface area contributed by atoms with Crippen molar-refractivity contribution in [2.45, 2.75) is 56.8 Å². The van der Waals surface area contributed by atoms with E-state index in [4.69, 9.17) is 0 Å². The van der Waals surface area contributed by atoms with Gasteiger partial charge in [0.2, 0.25) is 11.8 Å². The van der Waals surface area contributed by atoms with Crippen LogP contribution in [-0.4, -0.2) is 71.0 Å². The van der Waals surface area contributed by atoms with Gasteiger partial charge in [-0.2, -0.15) is 0 Å². The predicted octanol–water partition coefficient (Wildman–Crippen LogP) is 2.78. The highest BCUT2D eigenvalue weighted by Gasteiger charge is 2.52. The molecule has 2 amide bonds. The number of anilines is 1. The van der Waals surface area contributed by atoms with Crippen molar-refractivity contribution in [1.29, 1.82) is 0 Å². The number of pyridine rings is 1. The van der Waals surface area contributed by atoms with E-state index < -0.39 is 6.04 Å². The lowest BCUT2D eigenvalue weighted by molar-refractivity contribution is -0.137. The molecule has 0 unspecified atom stereocenters. The number of aromatic amines is 1. The molecule has 2 aliphatic heterocycles. The number of aromatic nitrogens is 2. The van der Waals surface area contributed by atoms with Crippen LogP contribution in [0, 0.1) is 5.82 Å². The van der Waals surface area contributed by atoms with Gasteiger partial charge in [0.15, 0.2) is 0 Å². The summed E-state index contributed by atoms with van der Waals surface area (Å²) < 4.78 is 13.9. The third-order valence-electron chi connectivity index (χ3n) is 7.78. The van der Waals surface area contributed by atoms with E-state index >= 15 is 0 Å². The molecule has 3 aromatic rings. The summed E-state index contributed by atoms with van der Waals surface area (Å²) in [6, 6.07) is 9.71. The Kier molecular flexibility index (Phi) is 6.66. The number of nitrogens with one attached hydrogen (secondary N) is 3. The average molecular weight is 493 g/mol. The van der Waals surface area contributed by atoms with Crippen LogP contribution in [0.1, 0.15) is 38.2 Å². The monoisotopic (exact) mass is 492 g/mol. The molecule has 2 fully saturated rings. The Bertz CT molecular complexity index is 1250. The van der Waals surface area contributed by atoms with Crippen molar-refractivity contribution in [3.63, 3.8) is 0 Å². The molecule has 0 bridgehead atoms. The van der Waals surface area contributed by atoms with E-state index in [1.165, 1.54) is 12.1 Å². The second kappa shape index (κ2) is 9.89. The minimum absolute atomic E-state index is 0.00658. The molecule has 0 spiro atoms. The molecule has 8 nitrogen and oxygen atoms in total. The zero-order chi connectivity index (χ0) is 25.4. The van der Waals surface area contributed by atoms with Crippen LogP contribution in [0.4, 0.5) is 10.2 Å².